The van der Waals surface area contributed by atoms with Gasteiger partial charge in [-0.1, -0.05) is 30.3 Å². The fourth-order valence-corrected chi connectivity index (χ4v) is 2.88. The normalized spacial score (nSPS) is 11.1. The molecular formula is C22H17F3N2O4. The van der Waals surface area contributed by atoms with E-state index in [0.29, 0.717) is 11.1 Å². The number of imide groups is 1. The fraction of sp³-hybridized carbons (Fsp3) is 0.136. The number of nitrogens with zero attached hydrogens (tertiary/aromatic N) is 1. The van der Waals surface area contributed by atoms with Crippen molar-refractivity contribution in [3.05, 3.63) is 83.7 Å². The summed E-state index contributed by atoms with van der Waals surface area (Å²) < 4.78 is 44.8. The number of benzene rings is 2. The van der Waals surface area contributed by atoms with Crippen LogP contribution in [0.2, 0.25) is 0 Å². The van der Waals surface area contributed by atoms with Crippen molar-refractivity contribution >= 4 is 17.8 Å². The van der Waals surface area contributed by atoms with Gasteiger partial charge in [0.1, 0.15) is 5.69 Å². The van der Waals surface area contributed by atoms with Crippen LogP contribution in [0, 0.1) is 0 Å². The van der Waals surface area contributed by atoms with Crippen molar-refractivity contribution in [2.24, 2.45) is 7.05 Å². The molecular weight excluding hydrogens is 413 g/mol. The third kappa shape index (κ3) is 5.19. The van der Waals surface area contributed by atoms with Crippen LogP contribution in [0.15, 0.2) is 66.9 Å². The topological polar surface area (TPSA) is 77.4 Å². The van der Waals surface area contributed by atoms with Gasteiger partial charge in [-0.3, -0.25) is 14.9 Å². The number of amides is 2. The molecule has 0 spiro atoms. The Morgan fingerprint density at radius 1 is 0.968 bits per heavy atom. The lowest BCUT2D eigenvalue weighted by Crippen LogP contribution is -2.35. The van der Waals surface area contributed by atoms with Crippen LogP contribution >= 0.6 is 0 Å². The number of hydrogen-bond donors (Lipinski definition) is 1. The largest absolute Gasteiger partial charge is 0.452 e. The lowest BCUT2D eigenvalue weighted by atomic mass is 9.98. The van der Waals surface area contributed by atoms with E-state index in [1.807, 2.05) is 0 Å². The number of hydrogen-bond acceptors (Lipinski definition) is 4. The predicted molar refractivity (Wildman–Crippen MR) is 105 cm³/mol. The minimum atomic E-state index is -4.47. The summed E-state index contributed by atoms with van der Waals surface area (Å²) >= 11 is 0. The second kappa shape index (κ2) is 8.86. The number of carbonyl (C=O) groups is 3. The molecule has 0 unspecified atom stereocenters. The quantitative estimate of drug-likeness (QED) is 0.625. The summed E-state index contributed by atoms with van der Waals surface area (Å²) in [5.41, 5.74) is 0.248. The molecule has 0 aliphatic heterocycles. The van der Waals surface area contributed by atoms with Crippen molar-refractivity contribution < 1.29 is 32.3 Å². The molecule has 0 radical (unpaired) electrons. The number of carbonyl (C=O) groups excluding carboxylic acids is 3. The molecule has 1 heterocycles. The zero-order valence-electron chi connectivity index (χ0n) is 16.3. The highest BCUT2D eigenvalue weighted by Crippen LogP contribution is 2.32. The highest BCUT2D eigenvalue weighted by Gasteiger charge is 2.30. The van der Waals surface area contributed by atoms with Gasteiger partial charge in [-0.25, -0.2) is 4.79 Å². The van der Waals surface area contributed by atoms with Gasteiger partial charge in [0.25, 0.3) is 11.8 Å². The molecule has 0 fully saturated rings. The minimum Gasteiger partial charge on any atom is -0.452 e. The van der Waals surface area contributed by atoms with E-state index in [2.05, 4.69) is 5.32 Å². The molecule has 3 aromatic rings. The van der Waals surface area contributed by atoms with E-state index in [-0.39, 0.29) is 11.3 Å². The van der Waals surface area contributed by atoms with Crippen LogP contribution in [-0.4, -0.2) is 29.0 Å². The molecule has 1 aromatic heterocycles. The SMILES string of the molecule is Cn1cccc1C(=O)NC(=O)COC(=O)c1ccccc1-c1ccc(C(F)(F)F)cc1. The molecule has 2 aromatic carbocycles. The van der Waals surface area contributed by atoms with Gasteiger partial charge in [0.05, 0.1) is 11.1 Å². The molecule has 31 heavy (non-hydrogen) atoms. The Morgan fingerprint density at radius 2 is 1.65 bits per heavy atom. The van der Waals surface area contributed by atoms with Gasteiger partial charge in [-0.15, -0.1) is 0 Å². The van der Waals surface area contributed by atoms with Gasteiger partial charge < -0.3 is 9.30 Å². The van der Waals surface area contributed by atoms with Crippen LogP contribution in [0.4, 0.5) is 13.2 Å². The van der Waals surface area contributed by atoms with Gasteiger partial charge in [0.2, 0.25) is 0 Å². The van der Waals surface area contributed by atoms with Crippen molar-refractivity contribution in [2.75, 3.05) is 6.61 Å². The van der Waals surface area contributed by atoms with E-state index in [1.165, 1.54) is 28.8 Å². The summed E-state index contributed by atoms with van der Waals surface area (Å²) in [6.45, 7) is -0.698. The third-order valence-electron chi connectivity index (χ3n) is 4.43. The van der Waals surface area contributed by atoms with Crippen molar-refractivity contribution in [3.8, 4) is 11.1 Å². The Hall–Kier alpha value is -3.88. The first kappa shape index (κ1) is 21.8. The molecule has 0 saturated heterocycles. The number of alkyl halides is 3. The zero-order valence-corrected chi connectivity index (χ0v) is 16.3. The average molecular weight is 430 g/mol. The van der Waals surface area contributed by atoms with Crippen molar-refractivity contribution in [2.45, 2.75) is 6.18 Å². The Kier molecular flexibility index (Phi) is 6.24. The molecule has 2 amide bonds. The van der Waals surface area contributed by atoms with E-state index in [1.54, 1.807) is 37.5 Å². The number of aromatic nitrogens is 1. The Balaban J connectivity index is 1.68. The molecule has 0 saturated carbocycles. The standard InChI is InChI=1S/C22H17F3N2O4/c1-27-12-4-7-18(27)20(29)26-19(28)13-31-21(30)17-6-3-2-5-16(17)14-8-10-15(11-9-14)22(23,24)25/h2-12H,13H2,1H3,(H,26,28,29). The summed E-state index contributed by atoms with van der Waals surface area (Å²) in [4.78, 5) is 36.4. The van der Waals surface area contributed by atoms with E-state index < -0.39 is 36.1 Å². The highest BCUT2D eigenvalue weighted by molar-refractivity contribution is 6.05. The maximum atomic E-state index is 12.8. The second-order valence-corrected chi connectivity index (χ2v) is 6.58. The monoisotopic (exact) mass is 430 g/mol. The van der Waals surface area contributed by atoms with Crippen LogP contribution in [0.3, 0.4) is 0 Å². The molecule has 1 N–H and O–H groups in total. The minimum absolute atomic E-state index is 0.0730. The smallest absolute Gasteiger partial charge is 0.416 e. The van der Waals surface area contributed by atoms with Gasteiger partial charge in [-0.2, -0.15) is 13.2 Å². The molecule has 0 aliphatic carbocycles. The van der Waals surface area contributed by atoms with Gasteiger partial charge in [-0.05, 0) is 41.5 Å². The number of aryl methyl sites for hydroxylation is 1. The number of ether oxygens (including phenoxy) is 1. The first-order chi connectivity index (χ1) is 14.7. The summed E-state index contributed by atoms with van der Waals surface area (Å²) in [6, 6.07) is 13.7. The zero-order chi connectivity index (χ0) is 22.6. The Labute approximate surface area is 175 Å². The maximum absolute atomic E-state index is 12.8. The van der Waals surface area contributed by atoms with Gasteiger partial charge in [0, 0.05) is 13.2 Å². The molecule has 160 valence electrons. The lowest BCUT2D eigenvalue weighted by Gasteiger charge is -2.11. The molecule has 0 aliphatic rings. The number of rotatable bonds is 5. The molecule has 0 bridgehead atoms. The van der Waals surface area contributed by atoms with Crippen LogP contribution in [0.5, 0.6) is 0 Å². The van der Waals surface area contributed by atoms with E-state index in [0.717, 1.165) is 12.1 Å². The summed E-state index contributed by atoms with van der Waals surface area (Å²) in [5.74, 6) is -2.30. The van der Waals surface area contributed by atoms with Gasteiger partial charge in [0.15, 0.2) is 6.61 Å². The average Bonchev–Trinajstić information content (AvgIpc) is 3.17. The van der Waals surface area contributed by atoms with Crippen LogP contribution in [-0.2, 0) is 22.8 Å². The first-order valence-electron chi connectivity index (χ1n) is 9.06. The number of nitrogens with one attached hydrogen (secondary N) is 1. The molecule has 9 heteroatoms. The third-order valence-corrected chi connectivity index (χ3v) is 4.43. The molecule has 3 rings (SSSR count). The summed E-state index contributed by atoms with van der Waals surface area (Å²) in [6.07, 6.45) is -2.83. The van der Waals surface area contributed by atoms with Crippen molar-refractivity contribution in [1.29, 1.82) is 0 Å². The van der Waals surface area contributed by atoms with Gasteiger partial charge >= 0.3 is 12.1 Å². The number of esters is 1. The van der Waals surface area contributed by atoms with Crippen LogP contribution in [0.25, 0.3) is 11.1 Å². The first-order valence-corrected chi connectivity index (χ1v) is 9.06. The maximum Gasteiger partial charge on any atom is 0.416 e. The molecule has 0 atom stereocenters. The van der Waals surface area contributed by atoms with E-state index in [4.69, 9.17) is 4.74 Å². The lowest BCUT2D eigenvalue weighted by molar-refractivity contribution is -0.137. The molecule has 6 nitrogen and oxygen atoms in total. The number of halogens is 3. The van der Waals surface area contributed by atoms with Crippen molar-refractivity contribution in [3.63, 3.8) is 0 Å². The van der Waals surface area contributed by atoms with Crippen LogP contribution in [0.1, 0.15) is 26.4 Å². The van der Waals surface area contributed by atoms with E-state index >= 15 is 0 Å². The summed E-state index contributed by atoms with van der Waals surface area (Å²) in [5, 5.41) is 2.11. The van der Waals surface area contributed by atoms with E-state index in [9.17, 15) is 27.6 Å². The van der Waals surface area contributed by atoms with Crippen LogP contribution < -0.4 is 5.32 Å². The summed E-state index contributed by atoms with van der Waals surface area (Å²) in [7, 11) is 1.64. The Morgan fingerprint density at radius 3 is 2.26 bits per heavy atom. The second-order valence-electron chi connectivity index (χ2n) is 6.58. The predicted octanol–water partition coefficient (Wildman–Crippen LogP) is 3.82. The van der Waals surface area contributed by atoms with Crippen molar-refractivity contribution in [1.82, 2.24) is 9.88 Å². The fourth-order valence-electron chi connectivity index (χ4n) is 2.88. The highest BCUT2D eigenvalue weighted by atomic mass is 19.4. The Bertz CT molecular complexity index is 1120.